The Kier molecular flexibility index (Phi) is 6.88. The Morgan fingerprint density at radius 3 is 2.29 bits per heavy atom. The van der Waals surface area contributed by atoms with Gasteiger partial charge < -0.3 is 19.6 Å². The predicted octanol–water partition coefficient (Wildman–Crippen LogP) is 0.0747. The van der Waals surface area contributed by atoms with Crippen LogP contribution in [0.5, 0.6) is 0 Å². The maximum absolute atomic E-state index is 13.9. The third kappa shape index (κ3) is 5.25. The Hall–Kier alpha value is -2.44. The van der Waals surface area contributed by atoms with Gasteiger partial charge in [-0.2, -0.15) is 0 Å². The number of halogens is 1. The minimum absolute atomic E-state index is 0.128. The van der Waals surface area contributed by atoms with Gasteiger partial charge in [-0.25, -0.2) is 4.39 Å². The zero-order valence-corrected chi connectivity index (χ0v) is 18.8. The van der Waals surface area contributed by atoms with E-state index in [9.17, 15) is 9.18 Å². The molecular weight excluding hydrogens is 391 g/mol. The molecule has 2 saturated heterocycles. The van der Waals surface area contributed by atoms with Gasteiger partial charge >= 0.3 is 0 Å². The molecule has 1 amide bonds. The lowest BCUT2D eigenvalue weighted by Crippen LogP contribution is -3.16. The number of amides is 1. The minimum Gasteiger partial charge on any atom is -0.360 e. The first-order valence-electron chi connectivity index (χ1n) is 11.5. The SMILES string of the molecule is Cc1cccc(N2CC[NH+](CC(=O)N3CC[NH+](Cc4ccccc4F)CC3)CC2)c1C. The zero-order chi connectivity index (χ0) is 21.8. The average molecular weight is 427 g/mol. The van der Waals surface area contributed by atoms with E-state index in [2.05, 4.69) is 36.9 Å². The molecule has 4 rings (SSSR count). The molecule has 0 saturated carbocycles. The fourth-order valence-electron chi connectivity index (χ4n) is 4.80. The monoisotopic (exact) mass is 426 g/mol. The standard InChI is InChI=1S/C25H33FN4O/c1-20-6-5-9-24(21(20)2)29-14-10-28(11-15-29)19-25(31)30-16-12-27(13-17-30)18-22-7-3-4-8-23(22)26/h3-9H,10-19H2,1-2H3/p+2. The lowest BCUT2D eigenvalue weighted by Gasteiger charge is -2.36. The third-order valence-corrected chi connectivity index (χ3v) is 7.01. The first-order valence-corrected chi connectivity index (χ1v) is 11.5. The molecule has 0 atom stereocenters. The van der Waals surface area contributed by atoms with Crippen molar-refractivity contribution in [1.29, 1.82) is 0 Å². The number of benzene rings is 2. The van der Waals surface area contributed by atoms with Crippen molar-refractivity contribution in [2.24, 2.45) is 0 Å². The van der Waals surface area contributed by atoms with Crippen molar-refractivity contribution in [2.45, 2.75) is 20.4 Å². The molecule has 166 valence electrons. The molecule has 0 aromatic heterocycles. The number of anilines is 1. The van der Waals surface area contributed by atoms with Crippen LogP contribution in [0.3, 0.4) is 0 Å². The highest BCUT2D eigenvalue weighted by Crippen LogP contribution is 2.22. The Morgan fingerprint density at radius 1 is 0.903 bits per heavy atom. The first kappa shape index (κ1) is 21.8. The third-order valence-electron chi connectivity index (χ3n) is 7.01. The molecule has 0 radical (unpaired) electrons. The Labute approximate surface area is 185 Å². The summed E-state index contributed by atoms with van der Waals surface area (Å²) in [4.78, 5) is 20.1. The van der Waals surface area contributed by atoms with Crippen molar-refractivity contribution in [1.82, 2.24) is 4.90 Å². The highest BCUT2D eigenvalue weighted by Gasteiger charge is 2.29. The predicted molar refractivity (Wildman–Crippen MR) is 121 cm³/mol. The first-order chi connectivity index (χ1) is 15.0. The second-order valence-corrected chi connectivity index (χ2v) is 9.03. The fraction of sp³-hybridized carbons (Fsp3) is 0.480. The summed E-state index contributed by atoms with van der Waals surface area (Å²) in [5, 5.41) is 0. The number of nitrogens with one attached hydrogen (secondary N) is 2. The number of carbonyl (C=O) groups excluding carboxylic acids is 1. The summed E-state index contributed by atoms with van der Waals surface area (Å²) in [5.41, 5.74) is 4.79. The van der Waals surface area contributed by atoms with Gasteiger partial charge in [-0.1, -0.05) is 30.3 Å². The van der Waals surface area contributed by atoms with E-state index in [1.807, 2.05) is 17.0 Å². The smallest absolute Gasteiger partial charge is 0.278 e. The van der Waals surface area contributed by atoms with Crippen LogP contribution in [-0.2, 0) is 11.3 Å². The van der Waals surface area contributed by atoms with Gasteiger partial charge in [-0.3, -0.25) is 4.79 Å². The van der Waals surface area contributed by atoms with Crippen molar-refractivity contribution < 1.29 is 19.0 Å². The summed E-state index contributed by atoms with van der Waals surface area (Å²) in [5.74, 6) is 0.136. The molecule has 0 bridgehead atoms. The summed E-state index contributed by atoms with van der Waals surface area (Å²) >= 11 is 0. The van der Waals surface area contributed by atoms with Crippen LogP contribution < -0.4 is 14.7 Å². The number of rotatable bonds is 5. The molecule has 2 aliphatic heterocycles. The van der Waals surface area contributed by atoms with Gasteiger partial charge in [-0.05, 0) is 37.1 Å². The second kappa shape index (κ2) is 9.79. The minimum atomic E-state index is -0.128. The van der Waals surface area contributed by atoms with E-state index < -0.39 is 0 Å². The molecule has 2 aromatic rings. The Morgan fingerprint density at radius 2 is 1.58 bits per heavy atom. The maximum atomic E-state index is 13.9. The molecule has 6 heteroatoms. The number of aryl methyl sites for hydroxylation is 1. The van der Waals surface area contributed by atoms with E-state index in [1.165, 1.54) is 32.7 Å². The Balaban J connectivity index is 1.22. The van der Waals surface area contributed by atoms with Gasteiger partial charge in [0.2, 0.25) is 0 Å². The van der Waals surface area contributed by atoms with Crippen molar-refractivity contribution >= 4 is 11.6 Å². The van der Waals surface area contributed by atoms with E-state index in [0.717, 1.165) is 57.9 Å². The van der Waals surface area contributed by atoms with Gasteiger partial charge in [0.05, 0.1) is 52.4 Å². The van der Waals surface area contributed by atoms with Crippen LogP contribution in [0.2, 0.25) is 0 Å². The molecule has 2 aromatic carbocycles. The maximum Gasteiger partial charge on any atom is 0.278 e. The number of nitrogens with zero attached hydrogens (tertiary/aromatic N) is 2. The van der Waals surface area contributed by atoms with Crippen molar-refractivity contribution in [3.8, 4) is 0 Å². The Bertz CT molecular complexity index is 902. The number of hydrogen-bond acceptors (Lipinski definition) is 2. The normalized spacial score (nSPS) is 18.4. The zero-order valence-electron chi connectivity index (χ0n) is 18.8. The van der Waals surface area contributed by atoms with E-state index >= 15 is 0 Å². The molecule has 0 spiro atoms. The quantitative estimate of drug-likeness (QED) is 0.710. The highest BCUT2D eigenvalue weighted by molar-refractivity contribution is 5.77. The summed E-state index contributed by atoms with van der Waals surface area (Å²) in [6, 6.07) is 13.5. The van der Waals surface area contributed by atoms with Crippen LogP contribution >= 0.6 is 0 Å². The van der Waals surface area contributed by atoms with Crippen molar-refractivity contribution in [2.75, 3.05) is 63.8 Å². The van der Waals surface area contributed by atoms with Crippen LogP contribution in [-0.4, -0.2) is 69.7 Å². The average Bonchev–Trinajstić information content (AvgIpc) is 2.78. The van der Waals surface area contributed by atoms with E-state index in [4.69, 9.17) is 0 Å². The molecular formula is C25H35FN4O+2. The topological polar surface area (TPSA) is 32.4 Å². The molecule has 0 unspecified atom stereocenters. The van der Waals surface area contributed by atoms with Crippen molar-refractivity contribution in [3.05, 3.63) is 65.0 Å². The van der Waals surface area contributed by atoms with Crippen LogP contribution in [0.25, 0.3) is 0 Å². The van der Waals surface area contributed by atoms with E-state index in [-0.39, 0.29) is 11.7 Å². The molecule has 2 fully saturated rings. The summed E-state index contributed by atoms with van der Waals surface area (Å²) < 4.78 is 13.9. The second-order valence-electron chi connectivity index (χ2n) is 9.03. The van der Waals surface area contributed by atoms with Crippen LogP contribution in [0.4, 0.5) is 10.1 Å². The fourth-order valence-corrected chi connectivity index (χ4v) is 4.80. The summed E-state index contributed by atoms with van der Waals surface area (Å²) in [7, 11) is 0. The number of carbonyl (C=O) groups is 1. The van der Waals surface area contributed by atoms with Crippen LogP contribution in [0.1, 0.15) is 16.7 Å². The van der Waals surface area contributed by atoms with Gasteiger partial charge in [0.25, 0.3) is 5.91 Å². The van der Waals surface area contributed by atoms with Gasteiger partial charge in [-0.15, -0.1) is 0 Å². The number of hydrogen-bond donors (Lipinski definition) is 2. The lowest BCUT2D eigenvalue weighted by molar-refractivity contribution is -0.918. The molecule has 2 aliphatic rings. The molecule has 5 nitrogen and oxygen atoms in total. The van der Waals surface area contributed by atoms with Crippen LogP contribution in [0, 0.1) is 19.7 Å². The van der Waals surface area contributed by atoms with Gasteiger partial charge in [0.1, 0.15) is 12.4 Å². The van der Waals surface area contributed by atoms with E-state index in [0.29, 0.717) is 13.1 Å². The summed E-state index contributed by atoms with van der Waals surface area (Å²) in [6.45, 7) is 12.9. The van der Waals surface area contributed by atoms with Gasteiger partial charge in [0.15, 0.2) is 6.54 Å². The molecule has 2 N–H and O–H groups in total. The van der Waals surface area contributed by atoms with Gasteiger partial charge in [0, 0.05) is 11.3 Å². The lowest BCUT2D eigenvalue weighted by atomic mass is 10.1. The largest absolute Gasteiger partial charge is 0.360 e. The van der Waals surface area contributed by atoms with Crippen molar-refractivity contribution in [3.63, 3.8) is 0 Å². The highest BCUT2D eigenvalue weighted by atomic mass is 19.1. The van der Waals surface area contributed by atoms with Crippen LogP contribution in [0.15, 0.2) is 42.5 Å². The summed E-state index contributed by atoms with van der Waals surface area (Å²) in [6.07, 6.45) is 0. The molecule has 0 aliphatic carbocycles. The molecule has 2 heterocycles. The molecule has 31 heavy (non-hydrogen) atoms. The number of piperazine rings is 2. The van der Waals surface area contributed by atoms with E-state index in [1.54, 1.807) is 6.07 Å². The number of quaternary nitrogens is 2.